The lowest BCUT2D eigenvalue weighted by molar-refractivity contribution is -0.141. The standard InChI is InChI=1S/C33H33NO4.C14H16O.C2H6.CH2O2/c1-19(20-6-7-22-14-24(36-3)10-8-21(22)13-20)31(35)38-27-11-9-23-15-26-30-32(18-34(26)2)12-4-5-28-33(30,17-32)29(23)25(27)16-37-28;1-10(2)11-4-5-13-9-14(15-3)7-6-12(13)8-11;1-2;2-1-3/h4,6-14,19,26,28,30H,5,15-18H2,1-3H3;4-10H,1-3H3;1-2H3;1H,(H,2,3)/t19?,26?,28-,30?,32?,33?;;;/m0.../s1. The van der Waals surface area contributed by atoms with Crippen LogP contribution in [0.2, 0.25) is 0 Å². The highest BCUT2D eigenvalue weighted by molar-refractivity contribution is 5.88. The molecule has 2 heterocycles. The molecule has 304 valence electrons. The van der Waals surface area contributed by atoms with E-state index in [0.29, 0.717) is 30.2 Å². The molecule has 0 amide bonds. The topological polar surface area (TPSA) is 94.5 Å². The van der Waals surface area contributed by atoms with Crippen molar-refractivity contribution < 1.29 is 33.6 Å². The molecule has 5 unspecified atom stereocenters. The number of likely N-dealkylation sites (N-methyl/N-ethyl adjacent to an activating group) is 1. The molecule has 2 bridgehead atoms. The van der Waals surface area contributed by atoms with E-state index in [9.17, 15) is 4.79 Å². The first-order chi connectivity index (χ1) is 28.0. The largest absolute Gasteiger partial charge is 0.497 e. The summed E-state index contributed by atoms with van der Waals surface area (Å²) in [4.78, 5) is 24.4. The molecule has 2 aliphatic heterocycles. The van der Waals surface area contributed by atoms with Crippen LogP contribution in [0.4, 0.5) is 0 Å². The average Bonchev–Trinajstić information content (AvgIpc) is 3.32. The molecule has 1 saturated heterocycles. The van der Waals surface area contributed by atoms with E-state index in [2.05, 4.69) is 80.4 Å². The lowest BCUT2D eigenvalue weighted by Crippen LogP contribution is -2.68. The van der Waals surface area contributed by atoms with Crippen molar-refractivity contribution in [1.82, 2.24) is 4.90 Å². The average molecular weight is 784 g/mol. The third-order valence-electron chi connectivity index (χ3n) is 13.2. The van der Waals surface area contributed by atoms with Crippen LogP contribution in [0.1, 0.15) is 87.1 Å². The highest BCUT2D eigenvalue weighted by Gasteiger charge is 2.75. The Labute approximate surface area is 342 Å². The Bertz CT molecular complexity index is 2350. The summed E-state index contributed by atoms with van der Waals surface area (Å²) >= 11 is 0. The zero-order valence-corrected chi connectivity index (χ0v) is 35.1. The van der Waals surface area contributed by atoms with Crippen molar-refractivity contribution in [1.29, 1.82) is 0 Å². The molecule has 2 fully saturated rings. The number of methoxy groups -OCH3 is 2. The maximum atomic E-state index is 13.5. The molecule has 6 aliphatic rings. The Hall–Kier alpha value is -5.18. The molecule has 5 aromatic rings. The first-order valence-electron chi connectivity index (χ1n) is 20.7. The second kappa shape index (κ2) is 16.6. The van der Waals surface area contributed by atoms with E-state index in [1.54, 1.807) is 14.2 Å². The SMILES string of the molecule is CC.COc1ccc2cc(C(C)C(=O)Oc3ccc4c5c3CO[C@H]3CC=CC67CN(C)C(C4)C6C53C7)ccc2c1.COc1ccc2cc(C(C)C)ccc2c1.O=CO. The van der Waals surface area contributed by atoms with Crippen molar-refractivity contribution >= 4 is 34.0 Å². The first-order valence-corrected chi connectivity index (χ1v) is 20.7. The lowest BCUT2D eigenvalue weighted by atomic mass is 9.39. The maximum absolute atomic E-state index is 13.5. The Kier molecular flexibility index (Phi) is 11.7. The molecule has 8 heteroatoms. The van der Waals surface area contributed by atoms with Crippen molar-refractivity contribution in [2.75, 3.05) is 27.8 Å². The Morgan fingerprint density at radius 3 is 2.07 bits per heavy atom. The van der Waals surface area contributed by atoms with Gasteiger partial charge in [-0.15, -0.1) is 0 Å². The van der Waals surface area contributed by atoms with E-state index in [-0.39, 0.29) is 35.3 Å². The first kappa shape index (κ1) is 41.0. The molecular formula is C50H57NO7. The summed E-state index contributed by atoms with van der Waals surface area (Å²) in [7, 11) is 5.66. The summed E-state index contributed by atoms with van der Waals surface area (Å²) in [6.45, 7) is 11.8. The van der Waals surface area contributed by atoms with Crippen molar-refractivity contribution in [3.05, 3.63) is 125 Å². The summed E-state index contributed by atoms with van der Waals surface area (Å²) in [5.41, 5.74) is 6.61. The van der Waals surface area contributed by atoms with Crippen LogP contribution in [0, 0.1) is 11.3 Å². The molecule has 1 N–H and O–H groups in total. The molecular weight excluding hydrogens is 727 g/mol. The molecule has 5 aromatic carbocycles. The van der Waals surface area contributed by atoms with Gasteiger partial charge in [0.1, 0.15) is 17.2 Å². The number of hydrogen-bond donors (Lipinski definition) is 1. The van der Waals surface area contributed by atoms with Gasteiger partial charge in [0.2, 0.25) is 0 Å². The van der Waals surface area contributed by atoms with Gasteiger partial charge in [0, 0.05) is 29.0 Å². The predicted octanol–water partition coefficient (Wildman–Crippen LogP) is 10.2. The molecule has 4 aliphatic carbocycles. The second-order valence-electron chi connectivity index (χ2n) is 16.5. The van der Waals surface area contributed by atoms with Gasteiger partial charge in [0.05, 0.1) is 32.8 Å². The highest BCUT2D eigenvalue weighted by atomic mass is 16.5. The fourth-order valence-corrected chi connectivity index (χ4v) is 10.7. The molecule has 8 nitrogen and oxygen atoms in total. The van der Waals surface area contributed by atoms with Crippen molar-refractivity contribution in [3.8, 4) is 17.2 Å². The van der Waals surface area contributed by atoms with E-state index in [1.165, 1.54) is 27.5 Å². The van der Waals surface area contributed by atoms with Crippen LogP contribution in [0.5, 0.6) is 17.2 Å². The highest BCUT2D eigenvalue weighted by Crippen LogP contribution is 2.73. The van der Waals surface area contributed by atoms with Crippen molar-refractivity contribution in [2.45, 2.75) is 89.9 Å². The third kappa shape index (κ3) is 6.94. The number of ether oxygens (including phenoxy) is 4. The molecule has 58 heavy (non-hydrogen) atoms. The monoisotopic (exact) mass is 783 g/mol. The number of hydrogen-bond acceptors (Lipinski definition) is 7. The quantitative estimate of drug-likeness (QED) is 0.0788. The minimum absolute atomic E-state index is 0.0352. The number of nitrogens with zero attached hydrogens (tertiary/aromatic N) is 1. The molecule has 6 atom stereocenters. The number of benzene rings is 5. The van der Waals surface area contributed by atoms with Crippen molar-refractivity contribution in [3.63, 3.8) is 0 Å². The van der Waals surface area contributed by atoms with Crippen LogP contribution in [0.3, 0.4) is 0 Å². The molecule has 11 rings (SSSR count). The molecule has 1 saturated carbocycles. The summed E-state index contributed by atoms with van der Waals surface area (Å²) < 4.78 is 23.3. The second-order valence-corrected chi connectivity index (χ2v) is 16.5. The van der Waals surface area contributed by atoms with Gasteiger partial charge in [0.15, 0.2) is 0 Å². The Morgan fingerprint density at radius 1 is 0.862 bits per heavy atom. The predicted molar refractivity (Wildman–Crippen MR) is 230 cm³/mol. The third-order valence-corrected chi connectivity index (χ3v) is 13.2. The fourth-order valence-electron chi connectivity index (χ4n) is 10.7. The molecule has 2 spiro atoms. The van der Waals surface area contributed by atoms with E-state index >= 15 is 0 Å². The summed E-state index contributed by atoms with van der Waals surface area (Å²) in [6, 6.07) is 29.7. The lowest BCUT2D eigenvalue weighted by Gasteiger charge is -2.66. The fraction of sp³-hybridized carbons (Fsp3) is 0.400. The summed E-state index contributed by atoms with van der Waals surface area (Å²) in [6.07, 6.45) is 8.28. The summed E-state index contributed by atoms with van der Waals surface area (Å²) in [5, 5.41) is 11.6. The zero-order chi connectivity index (χ0) is 41.4. The number of fused-ring (bicyclic) bond motifs is 3. The van der Waals surface area contributed by atoms with Crippen LogP contribution in [-0.4, -0.2) is 62.4 Å². The van der Waals surface area contributed by atoms with E-state index in [1.807, 2.05) is 63.2 Å². The minimum atomic E-state index is -0.383. The number of esters is 1. The van der Waals surface area contributed by atoms with Crippen LogP contribution in [0.15, 0.2) is 97.1 Å². The number of carboxylic acid groups (broad SMARTS) is 1. The van der Waals surface area contributed by atoms with Crippen LogP contribution in [-0.2, 0) is 32.8 Å². The van der Waals surface area contributed by atoms with Crippen LogP contribution < -0.4 is 14.2 Å². The van der Waals surface area contributed by atoms with E-state index in [0.717, 1.165) is 59.2 Å². The van der Waals surface area contributed by atoms with E-state index < -0.39 is 0 Å². The minimum Gasteiger partial charge on any atom is -0.497 e. The van der Waals surface area contributed by atoms with Gasteiger partial charge in [-0.2, -0.15) is 0 Å². The van der Waals surface area contributed by atoms with Gasteiger partial charge >= 0.3 is 5.97 Å². The number of carbonyl (C=O) groups is 2. The van der Waals surface area contributed by atoms with Gasteiger partial charge in [-0.3, -0.25) is 9.59 Å². The summed E-state index contributed by atoms with van der Waals surface area (Å²) in [5.74, 6) is 2.97. The smallest absolute Gasteiger partial charge is 0.318 e. The van der Waals surface area contributed by atoms with Gasteiger partial charge in [-0.25, -0.2) is 0 Å². The van der Waals surface area contributed by atoms with Gasteiger partial charge in [-0.1, -0.05) is 94.4 Å². The normalized spacial score (nSPS) is 24.6. The number of rotatable bonds is 6. The molecule has 0 aromatic heterocycles. The Balaban J connectivity index is 0.000000214. The van der Waals surface area contributed by atoms with Gasteiger partial charge in [-0.05, 0) is 119 Å². The Morgan fingerprint density at radius 2 is 1.45 bits per heavy atom. The number of likely N-dealkylation sites (tertiary alicyclic amines) is 1. The van der Waals surface area contributed by atoms with E-state index in [4.69, 9.17) is 28.8 Å². The number of carbonyl (C=O) groups excluding carboxylic acids is 1. The maximum Gasteiger partial charge on any atom is 0.318 e. The zero-order valence-electron chi connectivity index (χ0n) is 35.1. The molecule has 0 radical (unpaired) electrons. The van der Waals surface area contributed by atoms with Crippen LogP contribution in [0.25, 0.3) is 21.5 Å². The van der Waals surface area contributed by atoms with Gasteiger partial charge < -0.3 is 29.0 Å². The van der Waals surface area contributed by atoms with Crippen molar-refractivity contribution in [2.24, 2.45) is 11.3 Å². The van der Waals surface area contributed by atoms with Gasteiger partial charge in [0.25, 0.3) is 6.47 Å². The van der Waals surface area contributed by atoms with Crippen LogP contribution >= 0.6 is 0 Å².